The van der Waals surface area contributed by atoms with Gasteiger partial charge in [-0.3, -0.25) is 9.59 Å². The number of aryl methyl sites for hydroxylation is 1. The number of ketones is 2. The average Bonchev–Trinajstić information content (AvgIpc) is 2.83. The van der Waals surface area contributed by atoms with Gasteiger partial charge in [-0.25, -0.2) is 0 Å². The lowest BCUT2D eigenvalue weighted by Crippen LogP contribution is -2.10. The number of carbonyl (C=O) groups excluding carboxylic acids is 2. The number of aromatic nitrogens is 1. The van der Waals surface area contributed by atoms with Crippen molar-refractivity contribution in [2.24, 2.45) is 0 Å². The fourth-order valence-corrected chi connectivity index (χ4v) is 2.57. The fraction of sp³-hybridized carbons (Fsp3) is 0.176. The van der Waals surface area contributed by atoms with E-state index in [1.54, 1.807) is 0 Å². The molecule has 3 nitrogen and oxygen atoms in total. The number of hydrogen-bond acceptors (Lipinski definition) is 2. The zero-order valence-corrected chi connectivity index (χ0v) is 11.3. The number of carbonyl (C=O) groups is 2. The predicted molar refractivity (Wildman–Crippen MR) is 79.8 cm³/mol. The van der Waals surface area contributed by atoms with Crippen LogP contribution in [0.4, 0.5) is 0 Å². The van der Waals surface area contributed by atoms with Crippen LogP contribution < -0.4 is 0 Å². The molecule has 0 saturated carbocycles. The number of fused-ring (bicyclic) bond motifs is 3. The number of hydrogen-bond donors (Lipinski definition) is 1. The number of H-pyrrole nitrogens is 1. The van der Waals surface area contributed by atoms with Gasteiger partial charge >= 0.3 is 0 Å². The van der Waals surface area contributed by atoms with Crippen molar-refractivity contribution >= 4 is 33.4 Å². The third-order valence-corrected chi connectivity index (χ3v) is 3.64. The Bertz CT molecular complexity index is 814. The molecule has 0 aliphatic carbocycles. The van der Waals surface area contributed by atoms with Gasteiger partial charge in [0, 0.05) is 35.2 Å². The molecule has 2 aromatic carbocycles. The number of rotatable bonds is 4. The molecule has 0 amide bonds. The number of Topliss-reactive ketones (excluding diaryl/α,β-unsaturated/α-hetero) is 2. The Morgan fingerprint density at radius 1 is 1.00 bits per heavy atom. The maximum Gasteiger partial charge on any atom is 0.198 e. The van der Waals surface area contributed by atoms with Gasteiger partial charge in [-0.15, -0.1) is 0 Å². The highest BCUT2D eigenvalue weighted by Crippen LogP contribution is 2.27. The van der Waals surface area contributed by atoms with Crippen molar-refractivity contribution in [2.45, 2.75) is 19.8 Å². The van der Waals surface area contributed by atoms with Crippen LogP contribution in [0.3, 0.4) is 0 Å². The van der Waals surface area contributed by atoms with E-state index in [0.717, 1.165) is 22.0 Å². The topological polar surface area (TPSA) is 49.9 Å². The molecule has 0 aliphatic rings. The zero-order valence-electron chi connectivity index (χ0n) is 11.3. The first-order valence-corrected chi connectivity index (χ1v) is 6.69. The summed E-state index contributed by atoms with van der Waals surface area (Å²) in [4.78, 5) is 25.9. The van der Waals surface area contributed by atoms with Crippen molar-refractivity contribution in [1.29, 1.82) is 0 Å². The fourth-order valence-electron chi connectivity index (χ4n) is 2.57. The van der Waals surface area contributed by atoms with Gasteiger partial charge in [0.2, 0.25) is 0 Å². The Morgan fingerprint density at radius 2 is 1.75 bits per heavy atom. The Morgan fingerprint density at radius 3 is 2.55 bits per heavy atom. The summed E-state index contributed by atoms with van der Waals surface area (Å²) in [6.45, 7) is 1.33. The van der Waals surface area contributed by atoms with Crippen molar-refractivity contribution in [2.75, 3.05) is 0 Å². The van der Waals surface area contributed by atoms with Crippen LogP contribution >= 0.6 is 0 Å². The van der Waals surface area contributed by atoms with Gasteiger partial charge in [0.05, 0.1) is 0 Å². The van der Waals surface area contributed by atoms with Gasteiger partial charge in [-0.1, -0.05) is 36.4 Å². The molecular formula is C17H15NO2. The first kappa shape index (κ1) is 12.6. The van der Waals surface area contributed by atoms with Crippen molar-refractivity contribution < 1.29 is 9.59 Å². The molecule has 1 heterocycles. The van der Waals surface area contributed by atoms with E-state index in [1.807, 2.05) is 30.3 Å². The summed E-state index contributed by atoms with van der Waals surface area (Å²) < 4.78 is 0. The molecule has 20 heavy (non-hydrogen) atoms. The van der Waals surface area contributed by atoms with E-state index in [2.05, 4.69) is 17.1 Å². The quantitative estimate of drug-likeness (QED) is 0.735. The minimum atomic E-state index is -0.367. The summed E-state index contributed by atoms with van der Waals surface area (Å²) in [5, 5.41) is 2.34. The molecule has 0 spiro atoms. The van der Waals surface area contributed by atoms with Crippen LogP contribution in [-0.4, -0.2) is 16.6 Å². The van der Waals surface area contributed by atoms with Crippen molar-refractivity contribution in [1.82, 2.24) is 4.98 Å². The number of nitrogens with one attached hydrogen (secondary N) is 1. The molecule has 100 valence electrons. The lowest BCUT2D eigenvalue weighted by Gasteiger charge is -2.02. The van der Waals surface area contributed by atoms with Gasteiger partial charge < -0.3 is 4.98 Å². The van der Waals surface area contributed by atoms with E-state index in [9.17, 15) is 9.59 Å². The van der Waals surface area contributed by atoms with Crippen LogP contribution in [0.25, 0.3) is 21.8 Å². The molecule has 0 unspecified atom stereocenters. The highest BCUT2D eigenvalue weighted by Gasteiger charge is 2.11. The molecular weight excluding hydrogens is 250 g/mol. The molecule has 0 atom stereocenters. The molecule has 0 bridgehead atoms. The second kappa shape index (κ2) is 4.93. The van der Waals surface area contributed by atoms with Crippen LogP contribution in [0.2, 0.25) is 0 Å². The van der Waals surface area contributed by atoms with E-state index in [4.69, 9.17) is 0 Å². The number of para-hydroxylation sites is 2. The number of benzene rings is 2. The minimum Gasteiger partial charge on any atom is -0.354 e. The predicted octanol–water partition coefficient (Wildman–Crippen LogP) is 3.41. The highest BCUT2D eigenvalue weighted by molar-refractivity contribution is 6.36. The molecule has 1 N–H and O–H groups in total. The molecule has 0 radical (unpaired) electrons. The van der Waals surface area contributed by atoms with Crippen molar-refractivity contribution in [3.8, 4) is 0 Å². The van der Waals surface area contributed by atoms with Crippen LogP contribution in [-0.2, 0) is 16.0 Å². The van der Waals surface area contributed by atoms with E-state index in [1.165, 1.54) is 12.3 Å². The summed E-state index contributed by atoms with van der Waals surface area (Å²) >= 11 is 0. The normalized spacial score (nSPS) is 11.1. The largest absolute Gasteiger partial charge is 0.354 e. The summed E-state index contributed by atoms with van der Waals surface area (Å²) in [6, 6.07) is 14.2. The molecule has 0 saturated heterocycles. The third-order valence-electron chi connectivity index (χ3n) is 3.64. The molecule has 0 aliphatic heterocycles. The number of aromatic amines is 1. The van der Waals surface area contributed by atoms with Crippen LogP contribution in [0, 0.1) is 0 Å². The summed E-state index contributed by atoms with van der Waals surface area (Å²) in [5.41, 5.74) is 3.23. The van der Waals surface area contributed by atoms with Crippen molar-refractivity contribution in [3.05, 3.63) is 48.0 Å². The van der Waals surface area contributed by atoms with E-state index in [-0.39, 0.29) is 18.0 Å². The average molecular weight is 265 g/mol. The highest BCUT2D eigenvalue weighted by atomic mass is 16.2. The third kappa shape index (κ3) is 2.11. The summed E-state index contributed by atoms with van der Waals surface area (Å²) in [6.07, 6.45) is 0.854. The lowest BCUT2D eigenvalue weighted by atomic mass is 10.0. The lowest BCUT2D eigenvalue weighted by molar-refractivity contribution is -0.135. The van der Waals surface area contributed by atoms with Gasteiger partial charge in [0.1, 0.15) is 0 Å². The molecule has 3 rings (SSSR count). The minimum absolute atomic E-state index is 0.268. The Balaban J connectivity index is 2.03. The molecule has 1 aromatic heterocycles. The van der Waals surface area contributed by atoms with Gasteiger partial charge in [-0.2, -0.15) is 0 Å². The Hall–Kier alpha value is -2.42. The SMILES string of the molecule is CC(=O)C(=O)CCc1cccc2c1[nH]c1ccccc12. The first-order valence-electron chi connectivity index (χ1n) is 6.69. The molecule has 3 aromatic rings. The second-order valence-electron chi connectivity index (χ2n) is 4.99. The van der Waals surface area contributed by atoms with E-state index < -0.39 is 0 Å². The molecule has 3 heteroatoms. The monoisotopic (exact) mass is 265 g/mol. The van der Waals surface area contributed by atoms with Crippen molar-refractivity contribution in [3.63, 3.8) is 0 Å². The van der Waals surface area contributed by atoms with Gasteiger partial charge in [0.15, 0.2) is 11.6 Å². The zero-order chi connectivity index (χ0) is 14.1. The standard InChI is InChI=1S/C17H15NO2/c1-11(19)16(20)10-9-12-5-4-7-14-13-6-2-3-8-15(13)18-17(12)14/h2-8,18H,9-10H2,1H3. The van der Waals surface area contributed by atoms with E-state index in [0.29, 0.717) is 6.42 Å². The summed E-state index contributed by atoms with van der Waals surface area (Å²) in [7, 11) is 0. The molecule has 0 fully saturated rings. The Labute approximate surface area is 116 Å². The van der Waals surface area contributed by atoms with Gasteiger partial charge in [-0.05, 0) is 18.1 Å². The summed E-state index contributed by atoms with van der Waals surface area (Å²) in [5.74, 6) is -0.674. The smallest absolute Gasteiger partial charge is 0.198 e. The van der Waals surface area contributed by atoms with Crippen LogP contribution in [0.5, 0.6) is 0 Å². The van der Waals surface area contributed by atoms with E-state index >= 15 is 0 Å². The van der Waals surface area contributed by atoms with Crippen LogP contribution in [0.1, 0.15) is 18.9 Å². The Kier molecular flexibility index (Phi) is 3.11. The van der Waals surface area contributed by atoms with Crippen LogP contribution in [0.15, 0.2) is 42.5 Å². The second-order valence-corrected chi connectivity index (χ2v) is 4.99. The van der Waals surface area contributed by atoms with Gasteiger partial charge in [0.25, 0.3) is 0 Å². The maximum atomic E-state index is 11.5. The first-order chi connectivity index (χ1) is 9.66. The maximum absolute atomic E-state index is 11.5.